The monoisotopic (exact) mass is 450 g/mol. The van der Waals surface area contributed by atoms with Crippen LogP contribution in [0.25, 0.3) is 10.9 Å². The normalized spacial score (nSPS) is 14.0. The minimum absolute atomic E-state index is 0.165. The molecule has 4 rings (SSSR count). The number of rotatable bonds is 7. The molecule has 0 bridgehead atoms. The van der Waals surface area contributed by atoms with Crippen LogP contribution in [-0.2, 0) is 17.7 Å². The topological polar surface area (TPSA) is 57.7 Å². The zero-order valence-corrected chi connectivity index (χ0v) is 19.3. The molecule has 0 saturated carbocycles. The van der Waals surface area contributed by atoms with Crippen molar-refractivity contribution in [3.63, 3.8) is 0 Å². The Hall–Kier alpha value is -3.19. The summed E-state index contributed by atoms with van der Waals surface area (Å²) in [5, 5.41) is 4.57. The van der Waals surface area contributed by atoms with Crippen LogP contribution < -0.4 is 10.2 Å². The molecule has 0 radical (unpaired) electrons. The Morgan fingerprint density at radius 1 is 1.09 bits per heavy atom. The molecule has 1 N–H and O–H groups in total. The van der Waals surface area contributed by atoms with Crippen molar-refractivity contribution in [1.82, 2.24) is 15.2 Å². The van der Waals surface area contributed by atoms with Crippen LogP contribution in [0.2, 0.25) is 0 Å². The van der Waals surface area contributed by atoms with E-state index in [1.807, 2.05) is 19.1 Å². The molecule has 1 fully saturated rings. The maximum Gasteiger partial charge on any atom is 0.409 e. The predicted molar refractivity (Wildman–Crippen MR) is 129 cm³/mol. The molecule has 0 spiro atoms. The van der Waals surface area contributed by atoms with Crippen LogP contribution in [0.3, 0.4) is 0 Å². The van der Waals surface area contributed by atoms with E-state index in [0.717, 1.165) is 22.3 Å². The third-order valence-corrected chi connectivity index (χ3v) is 5.98. The lowest BCUT2D eigenvalue weighted by atomic mass is 10.1. The van der Waals surface area contributed by atoms with Gasteiger partial charge in [0.1, 0.15) is 11.6 Å². The fourth-order valence-corrected chi connectivity index (χ4v) is 4.20. The van der Waals surface area contributed by atoms with Crippen LogP contribution in [0.15, 0.2) is 48.5 Å². The van der Waals surface area contributed by atoms with Gasteiger partial charge in [-0.2, -0.15) is 0 Å². The fourth-order valence-electron chi connectivity index (χ4n) is 4.20. The van der Waals surface area contributed by atoms with Crippen LogP contribution in [0.4, 0.5) is 15.0 Å². The fraction of sp³-hybridized carbons (Fsp3) is 0.385. The Morgan fingerprint density at radius 3 is 2.64 bits per heavy atom. The summed E-state index contributed by atoms with van der Waals surface area (Å²) < 4.78 is 19.1. The minimum Gasteiger partial charge on any atom is -0.450 e. The number of piperazine rings is 1. The first-order chi connectivity index (χ1) is 16.0. The first-order valence-corrected chi connectivity index (χ1v) is 11.6. The molecule has 1 amide bonds. The van der Waals surface area contributed by atoms with Gasteiger partial charge in [0.25, 0.3) is 0 Å². The second-order valence-corrected chi connectivity index (χ2v) is 8.36. The van der Waals surface area contributed by atoms with E-state index >= 15 is 0 Å². The number of pyridine rings is 1. The van der Waals surface area contributed by atoms with Crippen LogP contribution in [0.5, 0.6) is 0 Å². The average Bonchev–Trinajstić information content (AvgIpc) is 2.82. The van der Waals surface area contributed by atoms with E-state index in [1.54, 1.807) is 11.0 Å². The third kappa shape index (κ3) is 5.60. The molecule has 2 heterocycles. The van der Waals surface area contributed by atoms with Crippen LogP contribution in [0.1, 0.15) is 23.6 Å². The number of carbonyl (C=O) groups is 1. The summed E-state index contributed by atoms with van der Waals surface area (Å²) in [5.74, 6) is 0.774. The number of amides is 1. The van der Waals surface area contributed by atoms with Gasteiger partial charge in [-0.05, 0) is 56.6 Å². The van der Waals surface area contributed by atoms with E-state index in [0.29, 0.717) is 57.9 Å². The molecule has 7 heteroatoms. The summed E-state index contributed by atoms with van der Waals surface area (Å²) in [6.45, 7) is 8.19. The number of carbonyl (C=O) groups excluding carboxylic acids is 1. The van der Waals surface area contributed by atoms with Gasteiger partial charge in [-0.1, -0.05) is 29.8 Å². The van der Waals surface area contributed by atoms with E-state index in [-0.39, 0.29) is 11.9 Å². The Balaban J connectivity index is 1.49. The van der Waals surface area contributed by atoms with E-state index < -0.39 is 0 Å². The second kappa shape index (κ2) is 10.6. The van der Waals surface area contributed by atoms with Gasteiger partial charge in [0, 0.05) is 43.7 Å². The predicted octanol–water partition coefficient (Wildman–Crippen LogP) is 4.29. The zero-order valence-electron chi connectivity index (χ0n) is 19.3. The molecular formula is C26H31FN4O2. The summed E-state index contributed by atoms with van der Waals surface area (Å²) >= 11 is 0. The van der Waals surface area contributed by atoms with E-state index in [9.17, 15) is 9.18 Å². The lowest BCUT2D eigenvalue weighted by molar-refractivity contribution is 0.105. The maximum atomic E-state index is 13.9. The number of aromatic nitrogens is 1. The molecule has 6 nitrogen and oxygen atoms in total. The van der Waals surface area contributed by atoms with Gasteiger partial charge in [-0.15, -0.1) is 0 Å². The first-order valence-electron chi connectivity index (χ1n) is 11.6. The lowest BCUT2D eigenvalue weighted by Crippen LogP contribution is -2.49. The molecule has 0 aliphatic carbocycles. The van der Waals surface area contributed by atoms with Crippen molar-refractivity contribution < 1.29 is 13.9 Å². The largest absolute Gasteiger partial charge is 0.450 e. The Labute approximate surface area is 194 Å². The van der Waals surface area contributed by atoms with Crippen molar-refractivity contribution >= 4 is 22.8 Å². The molecule has 1 aliphatic rings. The number of nitrogens with one attached hydrogen (secondary N) is 1. The Morgan fingerprint density at radius 2 is 1.88 bits per heavy atom. The summed E-state index contributed by atoms with van der Waals surface area (Å²) in [4.78, 5) is 21.0. The summed E-state index contributed by atoms with van der Waals surface area (Å²) in [7, 11) is 0. The molecule has 1 aromatic heterocycles. The highest BCUT2D eigenvalue weighted by atomic mass is 19.1. The number of fused-ring (bicyclic) bond motifs is 1. The molecule has 1 saturated heterocycles. The number of hydrogen-bond donors (Lipinski definition) is 1. The lowest BCUT2D eigenvalue weighted by Gasteiger charge is -2.35. The highest BCUT2D eigenvalue weighted by molar-refractivity contribution is 5.82. The third-order valence-electron chi connectivity index (χ3n) is 5.98. The summed E-state index contributed by atoms with van der Waals surface area (Å²) in [6.07, 6.45) is 0.370. The number of halogens is 1. The van der Waals surface area contributed by atoms with Crippen LogP contribution >= 0.6 is 0 Å². The minimum atomic E-state index is -0.255. The zero-order chi connectivity index (χ0) is 23.2. The van der Waals surface area contributed by atoms with Crippen molar-refractivity contribution in [2.45, 2.75) is 26.8 Å². The first kappa shape index (κ1) is 23.0. The van der Waals surface area contributed by atoms with E-state index in [2.05, 4.69) is 41.4 Å². The van der Waals surface area contributed by atoms with Crippen molar-refractivity contribution in [2.24, 2.45) is 0 Å². The molecule has 0 atom stereocenters. The molecular weight excluding hydrogens is 419 g/mol. The van der Waals surface area contributed by atoms with Crippen LogP contribution in [0, 0.1) is 12.7 Å². The molecule has 0 unspecified atom stereocenters. The van der Waals surface area contributed by atoms with Gasteiger partial charge < -0.3 is 19.9 Å². The van der Waals surface area contributed by atoms with Gasteiger partial charge in [-0.25, -0.2) is 14.2 Å². The SMILES string of the molecule is CCOC(=O)N1CCN(c2nc3ccc(C)cc3cc2CNCCc2ccccc2F)CC1. The standard InChI is InChI=1S/C26H31FN4O2/c1-3-33-26(32)31-14-12-30(13-15-31)25-22(17-21-16-19(2)8-9-24(21)29-25)18-28-11-10-20-6-4-5-7-23(20)27/h4-9,16-17,28H,3,10-15,18H2,1-2H3. The maximum absolute atomic E-state index is 13.9. The molecule has 1 aliphatic heterocycles. The molecule has 33 heavy (non-hydrogen) atoms. The van der Waals surface area contributed by atoms with Gasteiger partial charge in [0.05, 0.1) is 12.1 Å². The highest BCUT2D eigenvalue weighted by Crippen LogP contribution is 2.26. The van der Waals surface area contributed by atoms with E-state index in [1.165, 1.54) is 11.6 Å². The smallest absolute Gasteiger partial charge is 0.409 e. The van der Waals surface area contributed by atoms with Crippen LogP contribution in [-0.4, -0.2) is 55.3 Å². The summed E-state index contributed by atoms with van der Waals surface area (Å²) in [5.41, 5.74) is 3.97. The number of anilines is 1. The highest BCUT2D eigenvalue weighted by Gasteiger charge is 2.24. The van der Waals surface area contributed by atoms with Gasteiger partial charge in [-0.3, -0.25) is 0 Å². The van der Waals surface area contributed by atoms with Crippen molar-refractivity contribution in [1.29, 1.82) is 0 Å². The molecule has 3 aromatic rings. The average molecular weight is 451 g/mol. The van der Waals surface area contributed by atoms with Crippen molar-refractivity contribution in [3.05, 3.63) is 71.0 Å². The van der Waals surface area contributed by atoms with Crippen molar-refractivity contribution in [2.75, 3.05) is 44.2 Å². The number of benzene rings is 2. The second-order valence-electron chi connectivity index (χ2n) is 8.36. The summed E-state index contributed by atoms with van der Waals surface area (Å²) in [6, 6.07) is 15.4. The number of nitrogens with zero attached hydrogens (tertiary/aromatic N) is 3. The number of aryl methyl sites for hydroxylation is 1. The van der Waals surface area contributed by atoms with E-state index in [4.69, 9.17) is 9.72 Å². The number of hydrogen-bond acceptors (Lipinski definition) is 5. The molecule has 174 valence electrons. The van der Waals surface area contributed by atoms with Gasteiger partial charge in [0.2, 0.25) is 0 Å². The Bertz CT molecular complexity index is 1110. The van der Waals surface area contributed by atoms with Gasteiger partial charge >= 0.3 is 6.09 Å². The van der Waals surface area contributed by atoms with Gasteiger partial charge in [0.15, 0.2) is 0 Å². The Kier molecular flexibility index (Phi) is 7.40. The van der Waals surface area contributed by atoms with Crippen molar-refractivity contribution in [3.8, 4) is 0 Å². The number of ether oxygens (including phenoxy) is 1. The molecule has 2 aromatic carbocycles. The quantitative estimate of drug-likeness (QED) is 0.544.